The van der Waals surface area contributed by atoms with E-state index in [-0.39, 0.29) is 12.1 Å². The van der Waals surface area contributed by atoms with Gasteiger partial charge in [0.15, 0.2) is 0 Å². The Morgan fingerprint density at radius 3 is 2.71 bits per heavy atom. The van der Waals surface area contributed by atoms with E-state index in [0.717, 1.165) is 25.7 Å². The number of hydrogen-bond acceptors (Lipinski definition) is 1. The van der Waals surface area contributed by atoms with Gasteiger partial charge in [0.2, 0.25) is 0 Å². The highest BCUT2D eigenvalue weighted by Crippen LogP contribution is 2.18. The predicted molar refractivity (Wildman–Crippen MR) is 68.9 cm³/mol. The Labute approximate surface area is 103 Å². The molecular weight excluding hydrogens is 212 g/mol. The topological polar surface area (TPSA) is 41.1 Å². The van der Waals surface area contributed by atoms with E-state index in [9.17, 15) is 4.79 Å². The smallest absolute Gasteiger partial charge is 0.315 e. The molecule has 3 nitrogen and oxygen atoms in total. The van der Waals surface area contributed by atoms with Gasteiger partial charge in [0.25, 0.3) is 0 Å². The summed E-state index contributed by atoms with van der Waals surface area (Å²) in [6, 6.07) is 11.0. The van der Waals surface area contributed by atoms with Crippen molar-refractivity contribution in [2.24, 2.45) is 0 Å². The first-order chi connectivity index (χ1) is 8.24. The Bertz CT molecular complexity index is 360. The molecule has 0 spiro atoms. The molecule has 2 rings (SSSR count). The second kappa shape index (κ2) is 5.71. The zero-order valence-electron chi connectivity index (χ0n) is 10.3. The number of nitrogens with one attached hydrogen (secondary N) is 2. The maximum Gasteiger partial charge on any atom is 0.315 e. The monoisotopic (exact) mass is 232 g/mol. The van der Waals surface area contributed by atoms with Crippen LogP contribution in [0.4, 0.5) is 4.79 Å². The molecule has 0 bridgehead atoms. The van der Waals surface area contributed by atoms with Gasteiger partial charge < -0.3 is 10.6 Å². The van der Waals surface area contributed by atoms with Crippen molar-refractivity contribution in [2.45, 2.75) is 44.7 Å². The first kappa shape index (κ1) is 12.0. The third-order valence-corrected chi connectivity index (χ3v) is 3.00. The number of carbonyl (C=O) groups is 1. The first-order valence-electron chi connectivity index (χ1n) is 6.35. The Morgan fingerprint density at radius 1 is 1.35 bits per heavy atom. The molecule has 0 heterocycles. The van der Waals surface area contributed by atoms with Crippen LogP contribution < -0.4 is 10.6 Å². The molecule has 3 heteroatoms. The summed E-state index contributed by atoms with van der Waals surface area (Å²) in [5, 5.41) is 5.90. The lowest BCUT2D eigenvalue weighted by Gasteiger charge is -2.14. The Balaban J connectivity index is 1.66. The van der Waals surface area contributed by atoms with Gasteiger partial charge in [0, 0.05) is 12.1 Å². The number of benzene rings is 1. The molecule has 92 valence electrons. The van der Waals surface area contributed by atoms with E-state index in [1.54, 1.807) is 0 Å². The van der Waals surface area contributed by atoms with Crippen molar-refractivity contribution in [3.63, 3.8) is 0 Å². The maximum absolute atomic E-state index is 11.5. The summed E-state index contributed by atoms with van der Waals surface area (Å²) in [5.74, 6) is 0. The zero-order valence-corrected chi connectivity index (χ0v) is 10.3. The molecule has 0 saturated heterocycles. The first-order valence-corrected chi connectivity index (χ1v) is 6.35. The van der Waals surface area contributed by atoms with Gasteiger partial charge in [0.05, 0.1) is 0 Å². The van der Waals surface area contributed by atoms with Crippen LogP contribution in [0.3, 0.4) is 0 Å². The average Bonchev–Trinajstić information content (AvgIpc) is 3.11. The third kappa shape index (κ3) is 4.47. The van der Waals surface area contributed by atoms with Crippen LogP contribution in [0.25, 0.3) is 0 Å². The fourth-order valence-corrected chi connectivity index (χ4v) is 1.78. The van der Waals surface area contributed by atoms with Crippen LogP contribution in [-0.2, 0) is 6.42 Å². The molecule has 1 aliphatic carbocycles. The van der Waals surface area contributed by atoms with Crippen LogP contribution in [0, 0.1) is 0 Å². The van der Waals surface area contributed by atoms with E-state index < -0.39 is 0 Å². The fourth-order valence-electron chi connectivity index (χ4n) is 1.78. The SMILES string of the molecule is CC(CCc1ccccc1)NC(=O)NC1CC1. The van der Waals surface area contributed by atoms with Crippen molar-refractivity contribution in [3.8, 4) is 0 Å². The summed E-state index contributed by atoms with van der Waals surface area (Å²) >= 11 is 0. The third-order valence-electron chi connectivity index (χ3n) is 3.00. The van der Waals surface area contributed by atoms with E-state index in [0.29, 0.717) is 6.04 Å². The Kier molecular flexibility index (Phi) is 4.02. The van der Waals surface area contributed by atoms with E-state index in [1.165, 1.54) is 5.56 Å². The van der Waals surface area contributed by atoms with Gasteiger partial charge in [-0.2, -0.15) is 0 Å². The highest BCUT2D eigenvalue weighted by atomic mass is 16.2. The van der Waals surface area contributed by atoms with E-state index in [4.69, 9.17) is 0 Å². The average molecular weight is 232 g/mol. The van der Waals surface area contributed by atoms with Crippen molar-refractivity contribution in [3.05, 3.63) is 35.9 Å². The molecule has 0 radical (unpaired) electrons. The molecule has 1 aromatic carbocycles. The number of aryl methyl sites for hydroxylation is 1. The maximum atomic E-state index is 11.5. The van der Waals surface area contributed by atoms with Crippen molar-refractivity contribution in [2.75, 3.05) is 0 Å². The minimum absolute atomic E-state index is 0.0203. The Hall–Kier alpha value is -1.51. The van der Waals surface area contributed by atoms with Gasteiger partial charge >= 0.3 is 6.03 Å². The number of rotatable bonds is 5. The standard InChI is InChI=1S/C14H20N2O/c1-11(15-14(17)16-13-9-10-13)7-8-12-5-3-2-4-6-12/h2-6,11,13H,7-10H2,1H3,(H2,15,16,17). The lowest BCUT2D eigenvalue weighted by atomic mass is 10.1. The molecule has 1 atom stereocenters. The van der Waals surface area contributed by atoms with Gasteiger partial charge in [-0.3, -0.25) is 0 Å². The van der Waals surface area contributed by atoms with Crippen molar-refractivity contribution < 1.29 is 4.79 Å². The molecule has 1 fully saturated rings. The number of urea groups is 1. The van der Waals surface area contributed by atoms with E-state index >= 15 is 0 Å². The van der Waals surface area contributed by atoms with Gasteiger partial charge in [-0.15, -0.1) is 0 Å². The van der Waals surface area contributed by atoms with Crippen molar-refractivity contribution in [1.29, 1.82) is 0 Å². The number of amides is 2. The molecule has 0 aromatic heterocycles. The van der Waals surface area contributed by atoms with Gasteiger partial charge in [-0.05, 0) is 38.2 Å². The van der Waals surface area contributed by atoms with E-state index in [1.807, 2.05) is 18.2 Å². The normalized spacial score (nSPS) is 16.3. The van der Waals surface area contributed by atoms with Gasteiger partial charge in [0.1, 0.15) is 0 Å². The largest absolute Gasteiger partial charge is 0.336 e. The van der Waals surface area contributed by atoms with Crippen LogP contribution in [0.2, 0.25) is 0 Å². The van der Waals surface area contributed by atoms with Crippen LogP contribution in [0.15, 0.2) is 30.3 Å². The molecule has 0 aliphatic heterocycles. The summed E-state index contributed by atoms with van der Waals surface area (Å²) in [7, 11) is 0. The minimum Gasteiger partial charge on any atom is -0.336 e. The van der Waals surface area contributed by atoms with Crippen molar-refractivity contribution >= 4 is 6.03 Å². The van der Waals surface area contributed by atoms with E-state index in [2.05, 4.69) is 29.7 Å². The molecule has 1 saturated carbocycles. The zero-order chi connectivity index (χ0) is 12.1. The summed E-state index contributed by atoms with van der Waals surface area (Å²) in [6.45, 7) is 2.05. The van der Waals surface area contributed by atoms with Crippen LogP contribution in [-0.4, -0.2) is 18.1 Å². The number of carbonyl (C=O) groups excluding carboxylic acids is 1. The summed E-state index contributed by atoms with van der Waals surface area (Å²) in [4.78, 5) is 11.5. The molecule has 1 unspecified atom stereocenters. The lowest BCUT2D eigenvalue weighted by Crippen LogP contribution is -2.41. The quantitative estimate of drug-likeness (QED) is 0.804. The fraction of sp³-hybridized carbons (Fsp3) is 0.500. The molecule has 2 amide bonds. The van der Waals surface area contributed by atoms with Gasteiger partial charge in [-0.1, -0.05) is 30.3 Å². The Morgan fingerprint density at radius 2 is 2.06 bits per heavy atom. The van der Waals surface area contributed by atoms with Crippen LogP contribution >= 0.6 is 0 Å². The molecule has 1 aromatic rings. The summed E-state index contributed by atoms with van der Waals surface area (Å²) in [5.41, 5.74) is 1.32. The molecule has 17 heavy (non-hydrogen) atoms. The molecule has 2 N–H and O–H groups in total. The highest BCUT2D eigenvalue weighted by molar-refractivity contribution is 5.74. The highest BCUT2D eigenvalue weighted by Gasteiger charge is 2.23. The second-order valence-electron chi connectivity index (χ2n) is 4.82. The van der Waals surface area contributed by atoms with Crippen LogP contribution in [0.5, 0.6) is 0 Å². The van der Waals surface area contributed by atoms with Crippen LogP contribution in [0.1, 0.15) is 31.7 Å². The summed E-state index contributed by atoms with van der Waals surface area (Å²) in [6.07, 6.45) is 4.24. The van der Waals surface area contributed by atoms with Crippen molar-refractivity contribution in [1.82, 2.24) is 10.6 Å². The minimum atomic E-state index is -0.0203. The molecule has 1 aliphatic rings. The predicted octanol–water partition coefficient (Wildman–Crippen LogP) is 2.47. The summed E-state index contributed by atoms with van der Waals surface area (Å²) < 4.78 is 0. The van der Waals surface area contributed by atoms with Gasteiger partial charge in [-0.25, -0.2) is 4.79 Å². The number of hydrogen-bond donors (Lipinski definition) is 2. The second-order valence-corrected chi connectivity index (χ2v) is 4.82. The molecular formula is C14H20N2O. The lowest BCUT2D eigenvalue weighted by molar-refractivity contribution is 0.237.